The summed E-state index contributed by atoms with van der Waals surface area (Å²) in [6, 6.07) is 19.4. The molecule has 0 aromatic heterocycles. The molecule has 0 saturated heterocycles. The second kappa shape index (κ2) is 10.7. The zero-order chi connectivity index (χ0) is 24.0. The van der Waals surface area contributed by atoms with Crippen molar-refractivity contribution in [1.29, 1.82) is 0 Å². The van der Waals surface area contributed by atoms with Crippen LogP contribution in [-0.2, 0) is 14.8 Å². The molecule has 0 radical (unpaired) electrons. The van der Waals surface area contributed by atoms with E-state index in [4.69, 9.17) is 27.9 Å². The van der Waals surface area contributed by atoms with Crippen LogP contribution in [0.2, 0.25) is 10.0 Å². The lowest BCUT2D eigenvalue weighted by atomic mass is 10.2. The molecule has 1 amide bonds. The van der Waals surface area contributed by atoms with Gasteiger partial charge in [0.25, 0.3) is 5.91 Å². The van der Waals surface area contributed by atoms with Crippen LogP contribution in [0.5, 0.6) is 11.5 Å². The van der Waals surface area contributed by atoms with Crippen LogP contribution in [0, 0.1) is 0 Å². The van der Waals surface area contributed by atoms with Crippen molar-refractivity contribution in [1.82, 2.24) is 5.43 Å². The number of ether oxygens (including phenoxy) is 1. The molecule has 0 saturated carbocycles. The van der Waals surface area contributed by atoms with E-state index in [1.165, 1.54) is 13.1 Å². The number of halogens is 2. The van der Waals surface area contributed by atoms with Crippen molar-refractivity contribution in [3.8, 4) is 11.5 Å². The second-order valence-electron chi connectivity index (χ2n) is 7.01. The van der Waals surface area contributed by atoms with Gasteiger partial charge in [0.1, 0.15) is 17.5 Å². The molecule has 0 unspecified atom stereocenters. The molecule has 7 nitrogen and oxygen atoms in total. The van der Waals surface area contributed by atoms with Crippen molar-refractivity contribution >= 4 is 51.0 Å². The Hall–Kier alpha value is -3.07. The fourth-order valence-electron chi connectivity index (χ4n) is 2.98. The number of nitrogens with zero attached hydrogens (tertiary/aromatic N) is 2. The van der Waals surface area contributed by atoms with Gasteiger partial charge in [-0.05, 0) is 55.5 Å². The largest absolute Gasteiger partial charge is 0.457 e. The molecule has 33 heavy (non-hydrogen) atoms. The number of nitrogens with one attached hydrogen (secondary N) is 1. The Balaban J connectivity index is 1.75. The van der Waals surface area contributed by atoms with Gasteiger partial charge >= 0.3 is 0 Å². The molecule has 3 aromatic rings. The number of benzene rings is 3. The third kappa shape index (κ3) is 6.47. The fraction of sp³-hybridized carbons (Fsp3) is 0.130. The molecule has 3 rings (SSSR count). The maximum Gasteiger partial charge on any atom is 0.263 e. The van der Waals surface area contributed by atoms with Gasteiger partial charge in [0, 0.05) is 5.56 Å². The summed E-state index contributed by atoms with van der Waals surface area (Å²) in [5, 5.41) is 4.60. The van der Waals surface area contributed by atoms with Gasteiger partial charge in [0.2, 0.25) is 10.0 Å². The van der Waals surface area contributed by atoms with Gasteiger partial charge in [-0.1, -0.05) is 47.5 Å². The van der Waals surface area contributed by atoms with E-state index < -0.39 is 22.0 Å². The van der Waals surface area contributed by atoms with Crippen molar-refractivity contribution in [2.45, 2.75) is 13.0 Å². The highest BCUT2D eigenvalue weighted by molar-refractivity contribution is 7.92. The minimum Gasteiger partial charge on any atom is -0.457 e. The summed E-state index contributed by atoms with van der Waals surface area (Å²) >= 11 is 12.2. The highest BCUT2D eigenvalue weighted by Crippen LogP contribution is 2.27. The van der Waals surface area contributed by atoms with Gasteiger partial charge in [0.05, 0.1) is 28.2 Å². The molecule has 0 spiro atoms. The van der Waals surface area contributed by atoms with E-state index >= 15 is 0 Å². The molecule has 0 bridgehead atoms. The topological polar surface area (TPSA) is 88.1 Å². The van der Waals surface area contributed by atoms with E-state index in [1.54, 1.807) is 54.6 Å². The summed E-state index contributed by atoms with van der Waals surface area (Å²) in [5.74, 6) is 0.538. The van der Waals surface area contributed by atoms with E-state index in [2.05, 4.69) is 10.5 Å². The predicted molar refractivity (Wildman–Crippen MR) is 132 cm³/mol. The Morgan fingerprint density at radius 3 is 2.12 bits per heavy atom. The molecule has 0 aliphatic carbocycles. The Kier molecular flexibility index (Phi) is 7.97. The van der Waals surface area contributed by atoms with E-state index in [0.717, 1.165) is 10.6 Å². The first-order valence-corrected chi connectivity index (χ1v) is 12.4. The molecule has 0 heterocycles. The third-order valence-electron chi connectivity index (χ3n) is 4.53. The summed E-state index contributed by atoms with van der Waals surface area (Å²) in [4.78, 5) is 12.7. The molecule has 0 fully saturated rings. The van der Waals surface area contributed by atoms with Crippen LogP contribution in [0.1, 0.15) is 12.5 Å². The van der Waals surface area contributed by atoms with Crippen LogP contribution >= 0.6 is 23.2 Å². The number of para-hydroxylation sites is 1. The van der Waals surface area contributed by atoms with Crippen molar-refractivity contribution < 1.29 is 17.9 Å². The first-order chi connectivity index (χ1) is 15.7. The van der Waals surface area contributed by atoms with Gasteiger partial charge in [-0.3, -0.25) is 9.10 Å². The Bertz CT molecular complexity index is 1230. The molecule has 1 atom stereocenters. The van der Waals surface area contributed by atoms with Crippen molar-refractivity contribution in [3.63, 3.8) is 0 Å². The maximum atomic E-state index is 12.7. The highest BCUT2D eigenvalue weighted by Gasteiger charge is 2.29. The molecule has 0 aliphatic heterocycles. The smallest absolute Gasteiger partial charge is 0.263 e. The normalized spacial score (nSPS) is 12.4. The van der Waals surface area contributed by atoms with Gasteiger partial charge in [-0.2, -0.15) is 5.10 Å². The van der Waals surface area contributed by atoms with E-state index in [0.29, 0.717) is 32.8 Å². The van der Waals surface area contributed by atoms with Crippen molar-refractivity contribution in [2.24, 2.45) is 5.10 Å². The molecular weight excluding hydrogens is 485 g/mol. The first kappa shape index (κ1) is 24.6. The summed E-state index contributed by atoms with van der Waals surface area (Å²) in [6.07, 6.45) is 2.33. The van der Waals surface area contributed by atoms with E-state index in [9.17, 15) is 13.2 Å². The minimum atomic E-state index is -3.79. The fourth-order valence-corrected chi connectivity index (χ4v) is 4.65. The Morgan fingerprint density at radius 2 is 1.55 bits per heavy atom. The molecule has 172 valence electrons. The van der Waals surface area contributed by atoms with Gasteiger partial charge in [-0.25, -0.2) is 13.8 Å². The zero-order valence-corrected chi connectivity index (χ0v) is 20.1. The van der Waals surface area contributed by atoms with Crippen molar-refractivity contribution in [3.05, 3.63) is 88.4 Å². The Labute approximate surface area is 202 Å². The van der Waals surface area contributed by atoms with Gasteiger partial charge in [-0.15, -0.1) is 0 Å². The molecule has 10 heteroatoms. The maximum absolute atomic E-state index is 12.7. The standard InChI is InChI=1S/C23H21Cl2N3O4S/c1-16(23(29)27-26-15-20-21(24)9-6-10-22(20)25)28(33(2,30)31)17-11-13-19(14-12-17)32-18-7-4-3-5-8-18/h3-16H,1-2H3,(H,27,29)/b26-15-/t16-/m0/s1. The summed E-state index contributed by atoms with van der Waals surface area (Å²) < 4.78 is 31.7. The van der Waals surface area contributed by atoms with Gasteiger partial charge in [0.15, 0.2) is 0 Å². The number of carbonyl (C=O) groups excluding carboxylic acids is 1. The van der Waals surface area contributed by atoms with Crippen LogP contribution in [0.25, 0.3) is 0 Å². The second-order valence-corrected chi connectivity index (χ2v) is 9.69. The monoisotopic (exact) mass is 505 g/mol. The minimum absolute atomic E-state index is 0.304. The average Bonchev–Trinajstić information content (AvgIpc) is 2.77. The lowest BCUT2D eigenvalue weighted by Crippen LogP contribution is -2.46. The predicted octanol–water partition coefficient (Wildman–Crippen LogP) is 5.09. The Morgan fingerprint density at radius 1 is 0.970 bits per heavy atom. The lowest BCUT2D eigenvalue weighted by Gasteiger charge is -2.27. The first-order valence-electron chi connectivity index (χ1n) is 9.76. The summed E-state index contributed by atoms with van der Waals surface area (Å²) in [6.45, 7) is 1.46. The number of hydrazone groups is 1. The number of hydrogen-bond donors (Lipinski definition) is 1. The average molecular weight is 506 g/mol. The number of amides is 1. The lowest BCUT2D eigenvalue weighted by molar-refractivity contribution is -0.121. The summed E-state index contributed by atoms with van der Waals surface area (Å²) in [5.41, 5.74) is 3.07. The van der Waals surface area contributed by atoms with Crippen LogP contribution in [-0.4, -0.2) is 32.8 Å². The number of hydrogen-bond acceptors (Lipinski definition) is 5. The van der Waals surface area contributed by atoms with Crippen LogP contribution in [0.3, 0.4) is 0 Å². The van der Waals surface area contributed by atoms with E-state index in [1.807, 2.05) is 18.2 Å². The molecule has 0 aliphatic rings. The van der Waals surface area contributed by atoms with E-state index in [-0.39, 0.29) is 0 Å². The van der Waals surface area contributed by atoms with Gasteiger partial charge < -0.3 is 4.74 Å². The SMILES string of the molecule is C[C@@H](C(=O)N/N=C\c1c(Cl)cccc1Cl)N(c1ccc(Oc2ccccc2)cc1)S(C)(=O)=O. The number of anilines is 1. The molecule has 3 aromatic carbocycles. The van der Waals surface area contributed by atoms with Crippen molar-refractivity contribution in [2.75, 3.05) is 10.6 Å². The molecule has 1 N–H and O–H groups in total. The van der Waals surface area contributed by atoms with Crippen LogP contribution in [0.4, 0.5) is 5.69 Å². The highest BCUT2D eigenvalue weighted by atomic mass is 35.5. The summed E-state index contributed by atoms with van der Waals surface area (Å²) in [7, 11) is -3.79. The zero-order valence-electron chi connectivity index (χ0n) is 17.8. The third-order valence-corrected chi connectivity index (χ3v) is 6.43. The number of sulfonamides is 1. The quantitative estimate of drug-likeness (QED) is 0.341. The number of rotatable bonds is 8. The number of carbonyl (C=O) groups is 1. The van der Waals surface area contributed by atoms with Crippen LogP contribution < -0.4 is 14.5 Å². The van der Waals surface area contributed by atoms with Crippen LogP contribution in [0.15, 0.2) is 77.9 Å². The molecular formula is C23H21Cl2N3O4S.